The van der Waals surface area contributed by atoms with E-state index in [1.807, 2.05) is 20.8 Å². The molecule has 0 bridgehead atoms. The molecule has 0 aliphatic heterocycles. The molecule has 0 rings (SSSR count). The van der Waals surface area contributed by atoms with Crippen molar-refractivity contribution in [1.29, 1.82) is 5.41 Å². The SMILES string of the molecule is CCO[C@@H](CC(C)C)C(=O)N[C@@H](CCCC(=O)C=N)C(=O)OC(C)C. The van der Waals surface area contributed by atoms with Crippen LogP contribution < -0.4 is 5.32 Å². The highest BCUT2D eigenvalue weighted by atomic mass is 16.5. The molecule has 0 aromatic heterocycles. The van der Waals surface area contributed by atoms with Crippen LogP contribution in [0.1, 0.15) is 60.3 Å². The van der Waals surface area contributed by atoms with Crippen LogP contribution in [0.3, 0.4) is 0 Å². The van der Waals surface area contributed by atoms with Gasteiger partial charge in [-0.1, -0.05) is 13.8 Å². The van der Waals surface area contributed by atoms with Crippen LogP contribution in [0.15, 0.2) is 0 Å². The summed E-state index contributed by atoms with van der Waals surface area (Å²) < 4.78 is 10.7. The number of Topliss-reactive ketones (excluding diaryl/α,β-unsaturated/α-hetero) is 1. The van der Waals surface area contributed by atoms with Gasteiger partial charge < -0.3 is 20.2 Å². The molecule has 1 amide bonds. The summed E-state index contributed by atoms with van der Waals surface area (Å²) in [5.41, 5.74) is 0. The highest BCUT2D eigenvalue weighted by molar-refractivity contribution is 6.26. The summed E-state index contributed by atoms with van der Waals surface area (Å²) in [6, 6.07) is -0.830. The molecule has 2 N–H and O–H groups in total. The fourth-order valence-electron chi connectivity index (χ4n) is 2.26. The Hall–Kier alpha value is -1.76. The van der Waals surface area contributed by atoms with Crippen LogP contribution in [-0.4, -0.2) is 48.7 Å². The number of ketones is 1. The maximum atomic E-state index is 12.5. The third-order valence-electron chi connectivity index (χ3n) is 3.38. The van der Waals surface area contributed by atoms with E-state index in [0.29, 0.717) is 19.4 Å². The van der Waals surface area contributed by atoms with Crippen molar-refractivity contribution >= 4 is 23.9 Å². The number of rotatable bonds is 13. The lowest BCUT2D eigenvalue weighted by Crippen LogP contribution is -2.47. The average Bonchev–Trinajstić information content (AvgIpc) is 2.51. The fraction of sp³-hybridized carbons (Fsp3) is 0.778. The number of amides is 1. The molecule has 0 saturated heterocycles. The Balaban J connectivity index is 4.91. The van der Waals surface area contributed by atoms with Gasteiger partial charge in [-0.3, -0.25) is 9.59 Å². The highest BCUT2D eigenvalue weighted by Gasteiger charge is 2.27. The molecule has 2 atom stereocenters. The molecule has 0 saturated carbocycles. The van der Waals surface area contributed by atoms with Crippen LogP contribution in [0.25, 0.3) is 0 Å². The summed E-state index contributed by atoms with van der Waals surface area (Å²) in [7, 11) is 0. The molecule has 0 spiro atoms. The average molecular weight is 356 g/mol. The smallest absolute Gasteiger partial charge is 0.328 e. The van der Waals surface area contributed by atoms with Crippen LogP contribution in [0.5, 0.6) is 0 Å². The number of esters is 1. The first-order chi connectivity index (χ1) is 11.7. The Labute approximate surface area is 150 Å². The minimum Gasteiger partial charge on any atom is -0.461 e. The molecule has 7 heteroatoms. The van der Waals surface area contributed by atoms with Crippen molar-refractivity contribution in [3.05, 3.63) is 0 Å². The van der Waals surface area contributed by atoms with Gasteiger partial charge in [0.25, 0.3) is 0 Å². The van der Waals surface area contributed by atoms with Gasteiger partial charge in [0.1, 0.15) is 12.1 Å². The minimum absolute atomic E-state index is 0.158. The second-order valence-electron chi connectivity index (χ2n) is 6.62. The van der Waals surface area contributed by atoms with Gasteiger partial charge in [0.05, 0.1) is 12.3 Å². The van der Waals surface area contributed by atoms with Crippen LogP contribution in [0, 0.1) is 11.3 Å². The normalized spacial score (nSPS) is 13.4. The van der Waals surface area contributed by atoms with Crippen LogP contribution >= 0.6 is 0 Å². The van der Waals surface area contributed by atoms with Crippen LogP contribution in [0.4, 0.5) is 0 Å². The summed E-state index contributed by atoms with van der Waals surface area (Å²) in [6.07, 6.45) is 1.21. The predicted octanol–water partition coefficient (Wildman–Crippen LogP) is 2.26. The molecule has 0 unspecified atom stereocenters. The van der Waals surface area contributed by atoms with E-state index in [-0.39, 0.29) is 36.6 Å². The number of ether oxygens (including phenoxy) is 2. The number of nitrogens with one attached hydrogen (secondary N) is 2. The van der Waals surface area contributed by atoms with Gasteiger partial charge >= 0.3 is 5.97 Å². The topological polar surface area (TPSA) is 106 Å². The maximum Gasteiger partial charge on any atom is 0.328 e. The highest BCUT2D eigenvalue weighted by Crippen LogP contribution is 2.11. The van der Waals surface area contributed by atoms with E-state index in [0.717, 1.165) is 6.21 Å². The van der Waals surface area contributed by atoms with Crippen molar-refractivity contribution in [2.24, 2.45) is 5.92 Å². The second kappa shape index (κ2) is 12.6. The molecule has 0 aromatic rings. The summed E-state index contributed by atoms with van der Waals surface area (Å²) in [5, 5.41) is 9.60. The monoisotopic (exact) mass is 356 g/mol. The first-order valence-corrected chi connectivity index (χ1v) is 8.86. The van der Waals surface area contributed by atoms with Crippen molar-refractivity contribution < 1.29 is 23.9 Å². The fourth-order valence-corrected chi connectivity index (χ4v) is 2.26. The zero-order valence-corrected chi connectivity index (χ0v) is 16.0. The quantitative estimate of drug-likeness (QED) is 0.389. The van der Waals surface area contributed by atoms with Gasteiger partial charge in [0.2, 0.25) is 5.91 Å². The Bertz CT molecular complexity index is 449. The first kappa shape index (κ1) is 23.2. The van der Waals surface area contributed by atoms with Gasteiger partial charge in [0.15, 0.2) is 5.78 Å². The van der Waals surface area contributed by atoms with E-state index in [1.165, 1.54) is 0 Å². The Morgan fingerprint density at radius 2 is 1.80 bits per heavy atom. The van der Waals surface area contributed by atoms with Gasteiger partial charge in [-0.25, -0.2) is 4.79 Å². The van der Waals surface area contributed by atoms with Crippen molar-refractivity contribution in [3.8, 4) is 0 Å². The maximum absolute atomic E-state index is 12.5. The molecular formula is C18H32N2O5. The van der Waals surface area contributed by atoms with Gasteiger partial charge in [-0.2, -0.15) is 0 Å². The molecule has 7 nitrogen and oxygen atoms in total. The van der Waals surface area contributed by atoms with Crippen LogP contribution in [0.2, 0.25) is 0 Å². The number of carbonyl (C=O) groups excluding carboxylic acids is 3. The molecule has 0 aromatic carbocycles. The third-order valence-corrected chi connectivity index (χ3v) is 3.38. The van der Waals surface area contributed by atoms with Crippen molar-refractivity contribution in [1.82, 2.24) is 5.32 Å². The lowest BCUT2D eigenvalue weighted by Gasteiger charge is -2.23. The standard InChI is InChI=1S/C18H32N2O5/c1-6-24-16(10-12(2)3)17(22)20-15(18(23)25-13(4)5)9-7-8-14(21)11-19/h11-13,15-16,19H,6-10H2,1-5H3,(H,20,22)/t15-,16-/m0/s1. The largest absolute Gasteiger partial charge is 0.461 e. The number of hydrogen-bond acceptors (Lipinski definition) is 6. The van der Waals surface area contributed by atoms with Crippen molar-refractivity contribution in [2.45, 2.75) is 78.6 Å². The lowest BCUT2D eigenvalue weighted by molar-refractivity contribution is -0.153. The summed E-state index contributed by atoms with van der Waals surface area (Å²) >= 11 is 0. The van der Waals surface area contributed by atoms with Crippen molar-refractivity contribution in [2.75, 3.05) is 6.61 Å². The molecule has 0 heterocycles. The van der Waals surface area contributed by atoms with Gasteiger partial charge in [-0.05, 0) is 46.0 Å². The molecule has 25 heavy (non-hydrogen) atoms. The van der Waals surface area contributed by atoms with E-state index in [9.17, 15) is 14.4 Å². The molecule has 0 aliphatic carbocycles. The zero-order chi connectivity index (χ0) is 19.4. The Morgan fingerprint density at radius 3 is 2.28 bits per heavy atom. The Kier molecular flexibility index (Phi) is 11.7. The van der Waals surface area contributed by atoms with E-state index < -0.39 is 18.1 Å². The summed E-state index contributed by atoms with van der Waals surface area (Å²) in [5.74, 6) is -0.909. The molecular weight excluding hydrogens is 324 g/mol. The summed E-state index contributed by atoms with van der Waals surface area (Å²) in [6.45, 7) is 9.67. The predicted molar refractivity (Wildman–Crippen MR) is 95.7 cm³/mol. The third kappa shape index (κ3) is 10.7. The Morgan fingerprint density at radius 1 is 1.16 bits per heavy atom. The van der Waals surface area contributed by atoms with Crippen molar-refractivity contribution in [3.63, 3.8) is 0 Å². The van der Waals surface area contributed by atoms with Gasteiger partial charge in [-0.15, -0.1) is 0 Å². The molecule has 0 radical (unpaired) electrons. The number of carbonyl (C=O) groups is 3. The first-order valence-electron chi connectivity index (χ1n) is 8.86. The summed E-state index contributed by atoms with van der Waals surface area (Å²) in [4.78, 5) is 35.9. The minimum atomic E-state index is -0.830. The molecule has 144 valence electrons. The van der Waals surface area contributed by atoms with Gasteiger partial charge in [0, 0.05) is 13.0 Å². The van der Waals surface area contributed by atoms with E-state index in [2.05, 4.69) is 5.32 Å². The van der Waals surface area contributed by atoms with E-state index >= 15 is 0 Å². The molecule has 0 aliphatic rings. The number of hydrogen-bond donors (Lipinski definition) is 2. The molecule has 0 fully saturated rings. The zero-order valence-electron chi connectivity index (χ0n) is 16.0. The van der Waals surface area contributed by atoms with E-state index in [1.54, 1.807) is 13.8 Å². The lowest BCUT2D eigenvalue weighted by atomic mass is 10.0. The van der Waals surface area contributed by atoms with E-state index in [4.69, 9.17) is 14.9 Å². The van der Waals surface area contributed by atoms with Crippen LogP contribution in [-0.2, 0) is 23.9 Å². The second-order valence-corrected chi connectivity index (χ2v) is 6.62.